The number of amidine groups is 1. The van der Waals surface area contributed by atoms with Gasteiger partial charge < -0.3 is 37.6 Å². The quantitative estimate of drug-likeness (QED) is 0.117. The molecule has 0 unspecified atom stereocenters. The molecule has 3 amide bonds. The van der Waals surface area contributed by atoms with Crippen LogP contribution in [0.4, 0.5) is 0 Å². The predicted octanol–water partition coefficient (Wildman–Crippen LogP) is -1.86. The molecule has 0 spiro atoms. The van der Waals surface area contributed by atoms with Crippen molar-refractivity contribution >= 4 is 35.5 Å². The van der Waals surface area contributed by atoms with Crippen LogP contribution in [0.2, 0.25) is 0 Å². The largest absolute Gasteiger partial charge is 0.481 e. The zero-order valence-corrected chi connectivity index (χ0v) is 18.8. The number of benzene rings is 1. The molecule has 1 aromatic carbocycles. The molecule has 13 heteroatoms. The monoisotopic (exact) mass is 478 g/mol. The zero-order valence-electron chi connectivity index (χ0n) is 18.8. The van der Waals surface area contributed by atoms with Crippen LogP contribution in [0.25, 0.3) is 0 Å². The molecule has 1 rings (SSSR count). The summed E-state index contributed by atoms with van der Waals surface area (Å²) in [4.78, 5) is 59.1. The van der Waals surface area contributed by atoms with Crippen molar-refractivity contribution in [3.05, 3.63) is 35.4 Å². The summed E-state index contributed by atoms with van der Waals surface area (Å²) in [5.74, 6) is -5.77. The van der Waals surface area contributed by atoms with E-state index in [0.717, 1.165) is 0 Å². The molecule has 10 N–H and O–H groups in total. The number of carboxylic acids is 2. The van der Waals surface area contributed by atoms with E-state index < -0.39 is 66.7 Å². The molecule has 0 saturated heterocycles. The summed E-state index contributed by atoms with van der Waals surface area (Å²) in [5.41, 5.74) is 12.5. The van der Waals surface area contributed by atoms with E-state index in [0.29, 0.717) is 11.1 Å². The van der Waals surface area contributed by atoms with Gasteiger partial charge >= 0.3 is 11.9 Å². The number of rotatable bonds is 13. The van der Waals surface area contributed by atoms with E-state index in [9.17, 15) is 29.1 Å². The normalized spacial score (nSPS) is 13.3. The van der Waals surface area contributed by atoms with Crippen molar-refractivity contribution in [1.29, 1.82) is 5.41 Å². The highest BCUT2D eigenvalue weighted by Crippen LogP contribution is 2.06. The molecule has 0 heterocycles. The Kier molecular flexibility index (Phi) is 10.6. The lowest BCUT2D eigenvalue weighted by molar-refractivity contribution is -0.144. The van der Waals surface area contributed by atoms with Crippen LogP contribution in [-0.4, -0.2) is 70.4 Å². The van der Waals surface area contributed by atoms with Gasteiger partial charge in [-0.15, -0.1) is 0 Å². The topological polar surface area (TPSA) is 238 Å². The molecule has 3 atom stereocenters. The molecule has 1 aromatic rings. The molecule has 0 aliphatic carbocycles. The Morgan fingerprint density at radius 1 is 1.00 bits per heavy atom. The van der Waals surface area contributed by atoms with Gasteiger partial charge in [-0.3, -0.25) is 24.6 Å². The van der Waals surface area contributed by atoms with Crippen molar-refractivity contribution in [2.24, 2.45) is 17.4 Å². The second-order valence-electron chi connectivity index (χ2n) is 7.93. The summed E-state index contributed by atoms with van der Waals surface area (Å²) >= 11 is 0. The molecular weight excluding hydrogens is 448 g/mol. The van der Waals surface area contributed by atoms with E-state index in [1.54, 1.807) is 38.1 Å². The summed E-state index contributed by atoms with van der Waals surface area (Å²) in [6.07, 6.45) is -0.646. The molecule has 0 radical (unpaired) electrons. The molecule has 0 bridgehead atoms. The second kappa shape index (κ2) is 12.9. The number of nitrogens with two attached hydrogens (primary N) is 2. The van der Waals surface area contributed by atoms with Gasteiger partial charge in [-0.2, -0.15) is 0 Å². The summed E-state index contributed by atoms with van der Waals surface area (Å²) in [7, 11) is 0. The van der Waals surface area contributed by atoms with E-state index in [1.165, 1.54) is 0 Å². The van der Waals surface area contributed by atoms with Gasteiger partial charge in [-0.25, -0.2) is 4.79 Å². The number of carbonyl (C=O) groups excluding carboxylic acids is 3. The third kappa shape index (κ3) is 9.24. The molecule has 0 fully saturated rings. The van der Waals surface area contributed by atoms with Crippen LogP contribution in [0.1, 0.15) is 31.4 Å². The molecule has 186 valence electrons. The van der Waals surface area contributed by atoms with E-state index in [-0.39, 0.29) is 12.3 Å². The zero-order chi connectivity index (χ0) is 26.0. The van der Waals surface area contributed by atoms with Crippen LogP contribution < -0.4 is 27.4 Å². The van der Waals surface area contributed by atoms with Crippen LogP contribution in [0.15, 0.2) is 24.3 Å². The van der Waals surface area contributed by atoms with Gasteiger partial charge in [0.15, 0.2) is 0 Å². The maximum atomic E-state index is 12.4. The van der Waals surface area contributed by atoms with Gasteiger partial charge in [-0.1, -0.05) is 38.1 Å². The number of nitrogens with one attached hydrogen (secondary N) is 4. The summed E-state index contributed by atoms with van der Waals surface area (Å²) in [5, 5.41) is 32.3. The highest BCUT2D eigenvalue weighted by atomic mass is 16.4. The van der Waals surface area contributed by atoms with Gasteiger partial charge in [0.25, 0.3) is 0 Å². The second-order valence-corrected chi connectivity index (χ2v) is 7.93. The molecule has 0 aliphatic heterocycles. The third-order valence-electron chi connectivity index (χ3n) is 4.74. The fraction of sp³-hybridized carbons (Fsp3) is 0.429. The Bertz CT molecular complexity index is 932. The Morgan fingerprint density at radius 2 is 1.59 bits per heavy atom. The van der Waals surface area contributed by atoms with E-state index in [4.69, 9.17) is 22.0 Å². The maximum Gasteiger partial charge on any atom is 0.326 e. The van der Waals surface area contributed by atoms with Crippen molar-refractivity contribution in [2.45, 2.75) is 44.8 Å². The Morgan fingerprint density at radius 3 is 2.06 bits per heavy atom. The van der Waals surface area contributed by atoms with Crippen LogP contribution in [0, 0.1) is 11.3 Å². The standard InChI is InChI=1S/C21H30N6O7/c1-10(2)17(21(33)34)27-20(32)14(8-16(29)30)26-15(28)9-25-19(31)13(22)7-11-3-5-12(6-4-11)18(23)24/h3-6,10,13-14,17H,7-9,22H2,1-2H3,(H3,23,24)(H,25,31)(H,26,28)(H,27,32)(H,29,30)(H,33,34)/t13-,14+,17+/m1/s1. The highest BCUT2D eigenvalue weighted by Gasteiger charge is 2.30. The molecule has 13 nitrogen and oxygen atoms in total. The Balaban J connectivity index is 2.66. The smallest absolute Gasteiger partial charge is 0.326 e. The lowest BCUT2D eigenvalue weighted by Gasteiger charge is -2.22. The van der Waals surface area contributed by atoms with Gasteiger partial charge in [0.05, 0.1) is 19.0 Å². The highest BCUT2D eigenvalue weighted by molar-refractivity contribution is 5.95. The third-order valence-corrected chi connectivity index (χ3v) is 4.74. The lowest BCUT2D eigenvalue weighted by Crippen LogP contribution is -2.55. The van der Waals surface area contributed by atoms with Crippen LogP contribution >= 0.6 is 0 Å². The fourth-order valence-electron chi connectivity index (χ4n) is 2.86. The Hall–Kier alpha value is -4.00. The van der Waals surface area contributed by atoms with Crippen LogP contribution in [0.5, 0.6) is 0 Å². The number of carboxylic acid groups (broad SMARTS) is 2. The minimum Gasteiger partial charge on any atom is -0.481 e. The minimum absolute atomic E-state index is 0.0998. The fourth-order valence-corrected chi connectivity index (χ4v) is 2.86. The van der Waals surface area contributed by atoms with Crippen molar-refractivity contribution in [3.8, 4) is 0 Å². The molecule has 0 aliphatic rings. The summed E-state index contributed by atoms with van der Waals surface area (Å²) < 4.78 is 0. The number of amides is 3. The number of aliphatic carboxylic acids is 2. The average Bonchev–Trinajstić information content (AvgIpc) is 2.74. The van der Waals surface area contributed by atoms with Crippen molar-refractivity contribution in [3.63, 3.8) is 0 Å². The molecule has 34 heavy (non-hydrogen) atoms. The number of hydrogen-bond acceptors (Lipinski definition) is 7. The SMILES string of the molecule is CC(C)[C@H](NC(=O)[C@H](CC(=O)O)NC(=O)CNC(=O)[C@H](N)Cc1ccc(C(=N)N)cc1)C(=O)O. The average molecular weight is 479 g/mol. The van der Waals surface area contributed by atoms with Crippen molar-refractivity contribution < 1.29 is 34.2 Å². The van der Waals surface area contributed by atoms with Crippen molar-refractivity contribution in [2.75, 3.05) is 6.54 Å². The number of hydrogen-bond donors (Lipinski definition) is 8. The van der Waals surface area contributed by atoms with Crippen molar-refractivity contribution in [1.82, 2.24) is 16.0 Å². The first-order valence-corrected chi connectivity index (χ1v) is 10.3. The first kappa shape index (κ1) is 28.0. The first-order valence-electron chi connectivity index (χ1n) is 10.3. The minimum atomic E-state index is -1.55. The van der Waals surface area contributed by atoms with Gasteiger partial charge in [0.2, 0.25) is 17.7 Å². The number of nitrogen functional groups attached to an aromatic ring is 1. The molecular formula is C21H30N6O7. The van der Waals surface area contributed by atoms with Gasteiger partial charge in [0, 0.05) is 5.56 Å². The lowest BCUT2D eigenvalue weighted by atomic mass is 10.0. The maximum absolute atomic E-state index is 12.4. The molecule has 0 saturated carbocycles. The first-order chi connectivity index (χ1) is 15.8. The molecule has 0 aromatic heterocycles. The van der Waals surface area contributed by atoms with E-state index >= 15 is 0 Å². The number of carbonyl (C=O) groups is 5. The van der Waals surface area contributed by atoms with Gasteiger partial charge in [0.1, 0.15) is 17.9 Å². The van der Waals surface area contributed by atoms with Crippen LogP contribution in [-0.2, 0) is 30.4 Å². The van der Waals surface area contributed by atoms with E-state index in [1.807, 2.05) is 0 Å². The predicted molar refractivity (Wildman–Crippen MR) is 121 cm³/mol. The summed E-state index contributed by atoms with van der Waals surface area (Å²) in [6.45, 7) is 2.53. The van der Waals surface area contributed by atoms with E-state index in [2.05, 4.69) is 16.0 Å². The summed E-state index contributed by atoms with van der Waals surface area (Å²) in [6, 6.07) is 2.71. The van der Waals surface area contributed by atoms with Gasteiger partial charge in [-0.05, 0) is 17.9 Å². The van der Waals surface area contributed by atoms with Crippen LogP contribution in [0.3, 0.4) is 0 Å². The Labute approximate surface area is 195 Å².